The smallest absolute Gasteiger partial charge is 0.257 e. The Labute approximate surface area is 172 Å². The second-order valence-electron chi connectivity index (χ2n) is 7.57. The lowest BCUT2D eigenvalue weighted by atomic mass is 10.1. The first-order valence-corrected chi connectivity index (χ1v) is 9.98. The van der Waals surface area contributed by atoms with Gasteiger partial charge in [-0.1, -0.05) is 24.3 Å². The molecule has 3 aromatic rings. The number of aryl methyl sites for hydroxylation is 2. The minimum Gasteiger partial charge on any atom is -0.368 e. The van der Waals surface area contributed by atoms with E-state index in [2.05, 4.69) is 51.3 Å². The third-order valence-electron chi connectivity index (χ3n) is 5.27. The molecule has 1 aliphatic rings. The molecule has 1 fully saturated rings. The minimum absolute atomic E-state index is 0.136. The molecule has 2 heterocycles. The quantitative estimate of drug-likeness (QED) is 0.727. The average Bonchev–Trinajstić information content (AvgIpc) is 2.74. The Kier molecular flexibility index (Phi) is 5.47. The summed E-state index contributed by atoms with van der Waals surface area (Å²) in [4.78, 5) is 21.7. The highest BCUT2D eigenvalue weighted by atomic mass is 16.1. The van der Waals surface area contributed by atoms with E-state index in [0.29, 0.717) is 5.56 Å². The Morgan fingerprint density at radius 1 is 0.828 bits per heavy atom. The number of carbonyl (C=O) groups excluding carboxylic acids is 1. The first kappa shape index (κ1) is 19.0. The van der Waals surface area contributed by atoms with Gasteiger partial charge in [-0.2, -0.15) is 0 Å². The molecule has 1 N–H and O–H groups in total. The van der Waals surface area contributed by atoms with E-state index < -0.39 is 0 Å². The van der Waals surface area contributed by atoms with Crippen molar-refractivity contribution in [2.24, 2.45) is 0 Å². The zero-order valence-electron chi connectivity index (χ0n) is 16.9. The SMILES string of the molecule is Cc1cccc(NC(=O)c2cncc(N3CCN(c4cccc(C)c4)CC3)c2)c1. The van der Waals surface area contributed by atoms with Crippen molar-refractivity contribution in [3.63, 3.8) is 0 Å². The van der Waals surface area contributed by atoms with Crippen LogP contribution >= 0.6 is 0 Å². The maximum atomic E-state index is 12.7. The normalized spacial score (nSPS) is 14.0. The Balaban J connectivity index is 1.42. The topological polar surface area (TPSA) is 48.5 Å². The fourth-order valence-electron chi connectivity index (χ4n) is 3.70. The molecule has 148 valence electrons. The van der Waals surface area contributed by atoms with Crippen LogP contribution in [0.2, 0.25) is 0 Å². The molecule has 5 nitrogen and oxygen atoms in total. The van der Waals surface area contributed by atoms with Crippen LogP contribution < -0.4 is 15.1 Å². The van der Waals surface area contributed by atoms with Crippen LogP contribution in [0, 0.1) is 13.8 Å². The maximum absolute atomic E-state index is 12.7. The number of pyridine rings is 1. The van der Waals surface area contributed by atoms with Gasteiger partial charge in [0, 0.05) is 43.8 Å². The summed E-state index contributed by atoms with van der Waals surface area (Å²) < 4.78 is 0. The van der Waals surface area contributed by atoms with Gasteiger partial charge < -0.3 is 15.1 Å². The summed E-state index contributed by atoms with van der Waals surface area (Å²) in [7, 11) is 0. The molecule has 0 bridgehead atoms. The molecule has 0 aliphatic carbocycles. The standard InChI is InChI=1S/C24H26N4O/c1-18-5-3-7-21(13-18)26-24(29)20-15-23(17-25-16-20)28-11-9-27(10-12-28)22-8-4-6-19(2)14-22/h3-8,13-17H,9-12H2,1-2H3,(H,26,29). The molecule has 1 saturated heterocycles. The van der Waals surface area contributed by atoms with E-state index in [1.165, 1.54) is 11.3 Å². The van der Waals surface area contributed by atoms with Gasteiger partial charge in [-0.15, -0.1) is 0 Å². The lowest BCUT2D eigenvalue weighted by Gasteiger charge is -2.37. The van der Waals surface area contributed by atoms with Crippen molar-refractivity contribution in [1.82, 2.24) is 4.98 Å². The lowest BCUT2D eigenvalue weighted by molar-refractivity contribution is 0.102. The Morgan fingerprint density at radius 3 is 2.17 bits per heavy atom. The minimum atomic E-state index is -0.136. The summed E-state index contributed by atoms with van der Waals surface area (Å²) in [5, 5.41) is 2.96. The van der Waals surface area contributed by atoms with Crippen molar-refractivity contribution in [1.29, 1.82) is 0 Å². The van der Waals surface area contributed by atoms with Crippen molar-refractivity contribution in [2.45, 2.75) is 13.8 Å². The molecule has 4 rings (SSSR count). The third kappa shape index (κ3) is 4.57. The van der Waals surface area contributed by atoms with Crippen LogP contribution in [-0.2, 0) is 0 Å². The van der Waals surface area contributed by atoms with Gasteiger partial charge in [0.25, 0.3) is 5.91 Å². The van der Waals surface area contributed by atoms with Gasteiger partial charge in [-0.3, -0.25) is 9.78 Å². The van der Waals surface area contributed by atoms with Gasteiger partial charge in [0.2, 0.25) is 0 Å². The number of piperazine rings is 1. The van der Waals surface area contributed by atoms with Crippen molar-refractivity contribution >= 4 is 23.0 Å². The number of rotatable bonds is 4. The summed E-state index contributed by atoms with van der Waals surface area (Å²) in [6.07, 6.45) is 3.46. The number of aromatic nitrogens is 1. The van der Waals surface area contributed by atoms with E-state index in [1.807, 2.05) is 43.5 Å². The molecule has 0 unspecified atom stereocenters. The van der Waals surface area contributed by atoms with E-state index in [9.17, 15) is 4.79 Å². The van der Waals surface area contributed by atoms with Crippen molar-refractivity contribution < 1.29 is 4.79 Å². The molecule has 1 amide bonds. The van der Waals surface area contributed by atoms with Crippen molar-refractivity contribution in [3.8, 4) is 0 Å². The van der Waals surface area contributed by atoms with Crippen LogP contribution in [0.15, 0.2) is 67.0 Å². The first-order chi connectivity index (χ1) is 14.1. The largest absolute Gasteiger partial charge is 0.368 e. The number of carbonyl (C=O) groups is 1. The predicted molar refractivity (Wildman–Crippen MR) is 119 cm³/mol. The van der Waals surface area contributed by atoms with Crippen LogP contribution in [0.4, 0.5) is 17.1 Å². The Bertz CT molecular complexity index is 1010. The van der Waals surface area contributed by atoms with Crippen LogP contribution in [0.3, 0.4) is 0 Å². The van der Waals surface area contributed by atoms with Crippen LogP contribution in [0.25, 0.3) is 0 Å². The van der Waals surface area contributed by atoms with Gasteiger partial charge >= 0.3 is 0 Å². The second-order valence-corrected chi connectivity index (χ2v) is 7.57. The first-order valence-electron chi connectivity index (χ1n) is 9.98. The molecule has 0 spiro atoms. The van der Waals surface area contributed by atoms with E-state index in [1.54, 1.807) is 6.20 Å². The number of amides is 1. The summed E-state index contributed by atoms with van der Waals surface area (Å²) in [5.41, 5.74) is 6.03. The molecular formula is C24H26N4O. The monoisotopic (exact) mass is 386 g/mol. The number of hydrogen-bond acceptors (Lipinski definition) is 4. The van der Waals surface area contributed by atoms with Gasteiger partial charge in [0.1, 0.15) is 0 Å². The van der Waals surface area contributed by atoms with Gasteiger partial charge in [-0.05, 0) is 55.3 Å². The van der Waals surface area contributed by atoms with E-state index >= 15 is 0 Å². The predicted octanol–water partition coefficient (Wildman–Crippen LogP) is 4.28. The fraction of sp³-hybridized carbons (Fsp3) is 0.250. The molecule has 1 aliphatic heterocycles. The average molecular weight is 386 g/mol. The number of benzene rings is 2. The molecular weight excluding hydrogens is 360 g/mol. The molecule has 29 heavy (non-hydrogen) atoms. The number of nitrogens with one attached hydrogen (secondary N) is 1. The lowest BCUT2D eigenvalue weighted by Crippen LogP contribution is -2.46. The molecule has 5 heteroatoms. The molecule has 0 radical (unpaired) electrons. The summed E-state index contributed by atoms with van der Waals surface area (Å²) in [6.45, 7) is 7.83. The molecule has 0 atom stereocenters. The molecule has 0 saturated carbocycles. The summed E-state index contributed by atoms with van der Waals surface area (Å²) in [5.74, 6) is -0.136. The molecule has 2 aromatic carbocycles. The van der Waals surface area contributed by atoms with Gasteiger partial charge in [0.05, 0.1) is 17.4 Å². The summed E-state index contributed by atoms with van der Waals surface area (Å²) >= 11 is 0. The zero-order valence-corrected chi connectivity index (χ0v) is 16.9. The highest BCUT2D eigenvalue weighted by molar-refractivity contribution is 6.04. The zero-order chi connectivity index (χ0) is 20.2. The highest BCUT2D eigenvalue weighted by Crippen LogP contribution is 2.22. The van der Waals surface area contributed by atoms with Crippen LogP contribution in [-0.4, -0.2) is 37.1 Å². The molecule has 1 aromatic heterocycles. The fourth-order valence-corrected chi connectivity index (χ4v) is 3.70. The van der Waals surface area contributed by atoms with E-state index in [-0.39, 0.29) is 5.91 Å². The Hall–Kier alpha value is -3.34. The van der Waals surface area contributed by atoms with E-state index in [4.69, 9.17) is 0 Å². The highest BCUT2D eigenvalue weighted by Gasteiger charge is 2.19. The number of nitrogens with zero attached hydrogens (tertiary/aromatic N) is 3. The van der Waals surface area contributed by atoms with Crippen molar-refractivity contribution in [2.75, 3.05) is 41.3 Å². The van der Waals surface area contributed by atoms with Crippen molar-refractivity contribution in [3.05, 3.63) is 83.7 Å². The van der Waals surface area contributed by atoms with Crippen LogP contribution in [0.5, 0.6) is 0 Å². The van der Waals surface area contributed by atoms with E-state index in [0.717, 1.165) is 43.1 Å². The Morgan fingerprint density at radius 2 is 1.48 bits per heavy atom. The third-order valence-corrected chi connectivity index (χ3v) is 5.27. The van der Waals surface area contributed by atoms with Crippen LogP contribution in [0.1, 0.15) is 21.5 Å². The summed E-state index contributed by atoms with van der Waals surface area (Å²) in [6, 6.07) is 18.4. The maximum Gasteiger partial charge on any atom is 0.257 e. The number of anilines is 3. The van der Waals surface area contributed by atoms with Gasteiger partial charge in [0.15, 0.2) is 0 Å². The second kappa shape index (κ2) is 8.35. The number of hydrogen-bond donors (Lipinski definition) is 1. The van der Waals surface area contributed by atoms with Gasteiger partial charge in [-0.25, -0.2) is 0 Å².